The molecule has 5 rings (SSSR count). The summed E-state index contributed by atoms with van der Waals surface area (Å²) in [7, 11) is 0. The molecule has 0 fully saturated rings. The number of rotatable bonds is 0. The van der Waals surface area contributed by atoms with Gasteiger partial charge in [-0.05, 0) is 41.2 Å². The number of halogens is 1. The summed E-state index contributed by atoms with van der Waals surface area (Å²) in [6, 6.07) is 15.2. The number of fused-ring (bicyclic) bond motifs is 1. The molecule has 2 aromatic rings. The summed E-state index contributed by atoms with van der Waals surface area (Å²) in [5.74, 6) is 1.10. The first-order chi connectivity index (χ1) is 8.36. The lowest BCUT2D eigenvalue weighted by Crippen LogP contribution is -2.24. The highest BCUT2D eigenvalue weighted by atomic mass is 35.5. The van der Waals surface area contributed by atoms with Gasteiger partial charge >= 0.3 is 0 Å². The van der Waals surface area contributed by atoms with Crippen molar-refractivity contribution in [3.8, 4) is 0 Å². The molecule has 0 heterocycles. The Morgan fingerprint density at radius 1 is 0.765 bits per heavy atom. The van der Waals surface area contributed by atoms with Crippen molar-refractivity contribution in [2.24, 2.45) is 0 Å². The fourth-order valence-corrected chi connectivity index (χ4v) is 3.95. The summed E-state index contributed by atoms with van der Waals surface area (Å²) in [6.45, 7) is 0. The van der Waals surface area contributed by atoms with Crippen molar-refractivity contribution >= 4 is 11.6 Å². The van der Waals surface area contributed by atoms with E-state index in [9.17, 15) is 0 Å². The lowest BCUT2D eigenvalue weighted by molar-refractivity contribution is 0.520. The summed E-state index contributed by atoms with van der Waals surface area (Å²) in [6.07, 6.45) is 2.52. The summed E-state index contributed by atoms with van der Waals surface area (Å²) >= 11 is 6.40. The molecule has 1 heteroatoms. The Hall–Kier alpha value is -1.27. The Bertz CT molecular complexity index is 600. The van der Waals surface area contributed by atoms with E-state index in [0.29, 0.717) is 11.8 Å². The average molecular weight is 241 g/mol. The SMILES string of the molecule is Clc1cccc2c1C1CCC2c2ccccc21. The first-order valence-electron chi connectivity index (χ1n) is 6.23. The zero-order valence-electron chi connectivity index (χ0n) is 9.49. The highest BCUT2D eigenvalue weighted by molar-refractivity contribution is 6.31. The zero-order valence-corrected chi connectivity index (χ0v) is 10.2. The zero-order chi connectivity index (χ0) is 11.4. The van der Waals surface area contributed by atoms with Crippen molar-refractivity contribution < 1.29 is 0 Å². The van der Waals surface area contributed by atoms with E-state index in [1.54, 1.807) is 0 Å². The van der Waals surface area contributed by atoms with Crippen LogP contribution in [0.25, 0.3) is 0 Å². The van der Waals surface area contributed by atoms with Crippen LogP contribution in [-0.4, -0.2) is 0 Å². The normalized spacial score (nSPS) is 24.3. The molecule has 0 N–H and O–H groups in total. The van der Waals surface area contributed by atoms with Crippen molar-refractivity contribution in [1.29, 1.82) is 0 Å². The van der Waals surface area contributed by atoms with E-state index in [1.807, 2.05) is 6.07 Å². The summed E-state index contributed by atoms with van der Waals surface area (Å²) in [4.78, 5) is 0. The molecule has 3 aliphatic carbocycles. The van der Waals surface area contributed by atoms with Gasteiger partial charge in [-0.25, -0.2) is 0 Å². The largest absolute Gasteiger partial charge is 0.0840 e. The number of hydrogen-bond donors (Lipinski definition) is 0. The third kappa shape index (κ3) is 1.19. The van der Waals surface area contributed by atoms with E-state index >= 15 is 0 Å². The van der Waals surface area contributed by atoms with Crippen LogP contribution in [0.5, 0.6) is 0 Å². The summed E-state index contributed by atoms with van der Waals surface area (Å²) in [5.41, 5.74) is 5.89. The molecular formula is C16H13Cl. The Labute approximate surface area is 106 Å². The Morgan fingerprint density at radius 2 is 1.41 bits per heavy atom. The summed E-state index contributed by atoms with van der Waals surface area (Å²) in [5, 5.41) is 0.951. The van der Waals surface area contributed by atoms with Gasteiger partial charge in [0.25, 0.3) is 0 Å². The Morgan fingerprint density at radius 3 is 2.24 bits per heavy atom. The van der Waals surface area contributed by atoms with Gasteiger partial charge < -0.3 is 0 Å². The second-order valence-electron chi connectivity index (χ2n) is 5.05. The maximum atomic E-state index is 6.40. The monoisotopic (exact) mass is 240 g/mol. The molecule has 2 unspecified atom stereocenters. The van der Waals surface area contributed by atoms with Crippen molar-refractivity contribution in [2.45, 2.75) is 24.7 Å². The minimum Gasteiger partial charge on any atom is -0.0840 e. The molecule has 0 aliphatic heterocycles. The van der Waals surface area contributed by atoms with Gasteiger partial charge in [0.2, 0.25) is 0 Å². The minimum atomic E-state index is 0.528. The summed E-state index contributed by atoms with van der Waals surface area (Å²) < 4.78 is 0. The maximum Gasteiger partial charge on any atom is 0.0447 e. The van der Waals surface area contributed by atoms with Crippen molar-refractivity contribution in [1.82, 2.24) is 0 Å². The molecule has 0 aromatic heterocycles. The van der Waals surface area contributed by atoms with Crippen LogP contribution in [0.15, 0.2) is 42.5 Å². The van der Waals surface area contributed by atoms with Crippen molar-refractivity contribution in [2.75, 3.05) is 0 Å². The van der Waals surface area contributed by atoms with Gasteiger partial charge in [0.15, 0.2) is 0 Å². The molecule has 0 saturated carbocycles. The van der Waals surface area contributed by atoms with Crippen LogP contribution in [-0.2, 0) is 0 Å². The predicted octanol–water partition coefficient (Wildman–Crippen LogP) is 4.71. The van der Waals surface area contributed by atoms with Crippen LogP contribution in [0.1, 0.15) is 46.9 Å². The average Bonchev–Trinajstić information content (AvgIpc) is 2.40. The minimum absolute atomic E-state index is 0.528. The third-order valence-corrected chi connectivity index (χ3v) is 4.63. The van der Waals surface area contributed by atoms with E-state index in [4.69, 9.17) is 11.6 Å². The topological polar surface area (TPSA) is 0 Å². The van der Waals surface area contributed by atoms with Crippen LogP contribution in [0, 0.1) is 0 Å². The van der Waals surface area contributed by atoms with E-state index < -0.39 is 0 Å². The van der Waals surface area contributed by atoms with Crippen LogP contribution in [0.3, 0.4) is 0 Å². The molecule has 84 valence electrons. The van der Waals surface area contributed by atoms with E-state index in [0.717, 1.165) is 5.02 Å². The lowest BCUT2D eigenvalue weighted by atomic mass is 9.64. The first kappa shape index (κ1) is 9.73. The van der Waals surface area contributed by atoms with E-state index in [2.05, 4.69) is 36.4 Å². The van der Waals surface area contributed by atoms with E-state index in [1.165, 1.54) is 35.1 Å². The predicted molar refractivity (Wildman–Crippen MR) is 70.8 cm³/mol. The second kappa shape index (κ2) is 3.36. The molecule has 2 atom stereocenters. The molecular weight excluding hydrogens is 228 g/mol. The molecule has 0 saturated heterocycles. The van der Waals surface area contributed by atoms with Gasteiger partial charge in [-0.2, -0.15) is 0 Å². The standard InChI is InChI=1S/C16H13Cl/c17-15-7-3-6-13-12-8-9-14(16(13)15)11-5-2-1-4-10(11)12/h1-7,12,14H,8-9H2. The fourth-order valence-electron chi connectivity index (χ4n) is 3.64. The number of benzene rings is 2. The first-order valence-corrected chi connectivity index (χ1v) is 6.61. The van der Waals surface area contributed by atoms with Crippen LogP contribution in [0.2, 0.25) is 5.02 Å². The van der Waals surface area contributed by atoms with Gasteiger partial charge in [0.05, 0.1) is 0 Å². The number of hydrogen-bond acceptors (Lipinski definition) is 0. The third-order valence-electron chi connectivity index (χ3n) is 4.30. The van der Waals surface area contributed by atoms with Crippen LogP contribution < -0.4 is 0 Å². The molecule has 2 aromatic carbocycles. The van der Waals surface area contributed by atoms with Crippen LogP contribution >= 0.6 is 11.6 Å². The fraction of sp³-hybridized carbons (Fsp3) is 0.250. The van der Waals surface area contributed by atoms with Gasteiger partial charge in [0.1, 0.15) is 0 Å². The molecule has 0 amide bonds. The molecule has 17 heavy (non-hydrogen) atoms. The molecule has 2 bridgehead atoms. The van der Waals surface area contributed by atoms with Gasteiger partial charge in [0, 0.05) is 16.9 Å². The Kier molecular flexibility index (Phi) is 1.93. The van der Waals surface area contributed by atoms with Crippen molar-refractivity contribution in [3.63, 3.8) is 0 Å². The molecule has 0 nitrogen and oxygen atoms in total. The smallest absolute Gasteiger partial charge is 0.0447 e. The van der Waals surface area contributed by atoms with E-state index in [-0.39, 0.29) is 0 Å². The van der Waals surface area contributed by atoms with Gasteiger partial charge in [-0.3, -0.25) is 0 Å². The van der Waals surface area contributed by atoms with Gasteiger partial charge in [-0.1, -0.05) is 48.0 Å². The highest BCUT2D eigenvalue weighted by Crippen LogP contribution is 2.54. The maximum absolute atomic E-state index is 6.40. The quantitative estimate of drug-likeness (QED) is 0.626. The van der Waals surface area contributed by atoms with Crippen LogP contribution in [0.4, 0.5) is 0 Å². The molecule has 3 aliphatic rings. The lowest BCUT2D eigenvalue weighted by Gasteiger charge is -2.40. The van der Waals surface area contributed by atoms with Crippen molar-refractivity contribution in [3.05, 3.63) is 69.7 Å². The Balaban J connectivity index is 2.05. The molecule has 0 spiro atoms. The highest BCUT2D eigenvalue weighted by Gasteiger charge is 2.37. The molecule has 0 radical (unpaired) electrons. The van der Waals surface area contributed by atoms with Gasteiger partial charge in [-0.15, -0.1) is 0 Å². The second-order valence-corrected chi connectivity index (χ2v) is 5.46.